The number of imide groups is 1. The molecule has 0 bridgehead atoms. The molecule has 1 aromatic carbocycles. The lowest BCUT2D eigenvalue weighted by Crippen LogP contribution is -2.57. The van der Waals surface area contributed by atoms with Gasteiger partial charge in [-0.2, -0.15) is 0 Å². The van der Waals surface area contributed by atoms with Crippen molar-refractivity contribution in [3.63, 3.8) is 0 Å². The minimum absolute atomic E-state index is 0.212. The Balaban J connectivity index is 2.37. The predicted molar refractivity (Wildman–Crippen MR) is 77.2 cm³/mol. The fourth-order valence-electron chi connectivity index (χ4n) is 2.45. The molecular formula is C15H19N3O3. The van der Waals surface area contributed by atoms with Crippen LogP contribution in [0.15, 0.2) is 30.3 Å². The second-order valence-electron chi connectivity index (χ2n) is 5.15. The third-order valence-corrected chi connectivity index (χ3v) is 3.74. The standard InChI is InChI=1S/C15H19N3O3/c1-4-16-12(19)15(2)13(20)17(3)14(21)18(15)10-11-8-6-5-7-9-11/h5-9H,4,10H2,1-3H3,(H,16,19). The lowest BCUT2D eigenvalue weighted by molar-refractivity contribution is -0.142. The quantitative estimate of drug-likeness (QED) is 0.663. The number of hydrogen-bond acceptors (Lipinski definition) is 3. The van der Waals surface area contributed by atoms with Crippen LogP contribution >= 0.6 is 0 Å². The highest BCUT2D eigenvalue weighted by atomic mass is 16.2. The molecule has 0 saturated carbocycles. The Labute approximate surface area is 123 Å². The van der Waals surface area contributed by atoms with Gasteiger partial charge in [-0.3, -0.25) is 19.4 Å². The van der Waals surface area contributed by atoms with Crippen LogP contribution in [0.4, 0.5) is 4.79 Å². The van der Waals surface area contributed by atoms with E-state index in [1.807, 2.05) is 30.3 Å². The van der Waals surface area contributed by atoms with Gasteiger partial charge < -0.3 is 5.32 Å². The first-order valence-corrected chi connectivity index (χ1v) is 6.85. The number of nitrogens with one attached hydrogen (secondary N) is 1. The van der Waals surface area contributed by atoms with Crippen molar-refractivity contribution in [1.82, 2.24) is 15.1 Å². The average molecular weight is 289 g/mol. The molecule has 1 aliphatic heterocycles. The first-order chi connectivity index (χ1) is 9.92. The van der Waals surface area contributed by atoms with Crippen LogP contribution < -0.4 is 5.32 Å². The Kier molecular flexibility index (Phi) is 3.97. The Morgan fingerprint density at radius 1 is 1.24 bits per heavy atom. The molecule has 6 heteroatoms. The van der Waals surface area contributed by atoms with Gasteiger partial charge in [0.1, 0.15) is 0 Å². The third kappa shape index (κ3) is 2.37. The van der Waals surface area contributed by atoms with E-state index < -0.39 is 23.4 Å². The van der Waals surface area contributed by atoms with Crippen LogP contribution in [0, 0.1) is 0 Å². The van der Waals surface area contributed by atoms with Crippen molar-refractivity contribution in [2.75, 3.05) is 13.6 Å². The molecule has 1 aliphatic rings. The molecule has 1 unspecified atom stereocenters. The van der Waals surface area contributed by atoms with Gasteiger partial charge >= 0.3 is 6.03 Å². The van der Waals surface area contributed by atoms with Crippen molar-refractivity contribution >= 4 is 17.8 Å². The summed E-state index contributed by atoms with van der Waals surface area (Å²) in [5, 5.41) is 2.63. The molecule has 0 aromatic heterocycles. The highest BCUT2D eigenvalue weighted by Crippen LogP contribution is 2.29. The Morgan fingerprint density at radius 3 is 2.43 bits per heavy atom. The summed E-state index contributed by atoms with van der Waals surface area (Å²) in [5.41, 5.74) is -0.637. The van der Waals surface area contributed by atoms with Crippen LogP contribution in [0.25, 0.3) is 0 Å². The lowest BCUT2D eigenvalue weighted by atomic mass is 9.98. The van der Waals surface area contributed by atoms with Crippen molar-refractivity contribution < 1.29 is 14.4 Å². The van der Waals surface area contributed by atoms with E-state index in [1.54, 1.807) is 6.92 Å². The first kappa shape index (κ1) is 15.0. The second kappa shape index (κ2) is 5.55. The zero-order valence-corrected chi connectivity index (χ0v) is 12.4. The monoisotopic (exact) mass is 289 g/mol. The van der Waals surface area contributed by atoms with Gasteiger partial charge in [0.15, 0.2) is 5.54 Å². The molecule has 1 heterocycles. The predicted octanol–water partition coefficient (Wildman–Crippen LogP) is 0.975. The summed E-state index contributed by atoms with van der Waals surface area (Å²) in [6.45, 7) is 3.88. The van der Waals surface area contributed by atoms with Crippen LogP contribution in [0.5, 0.6) is 0 Å². The van der Waals surface area contributed by atoms with Gasteiger partial charge in [0.2, 0.25) is 0 Å². The van der Waals surface area contributed by atoms with Crippen LogP contribution in [0.3, 0.4) is 0 Å². The maximum absolute atomic E-state index is 12.4. The van der Waals surface area contributed by atoms with Crippen LogP contribution in [0.1, 0.15) is 19.4 Å². The molecule has 1 saturated heterocycles. The zero-order chi connectivity index (χ0) is 15.6. The molecule has 1 atom stereocenters. The van der Waals surface area contributed by atoms with Gasteiger partial charge in [0.05, 0.1) is 0 Å². The molecule has 0 radical (unpaired) electrons. The summed E-state index contributed by atoms with van der Waals surface area (Å²) in [5.74, 6) is -0.960. The van der Waals surface area contributed by atoms with Crippen LogP contribution in [-0.2, 0) is 16.1 Å². The van der Waals surface area contributed by atoms with Gasteiger partial charge in [-0.05, 0) is 19.4 Å². The van der Waals surface area contributed by atoms with Gasteiger partial charge in [0.25, 0.3) is 11.8 Å². The minimum Gasteiger partial charge on any atom is -0.354 e. The Hall–Kier alpha value is -2.37. The largest absolute Gasteiger partial charge is 0.354 e. The fourth-order valence-corrected chi connectivity index (χ4v) is 2.45. The van der Waals surface area contributed by atoms with E-state index in [2.05, 4.69) is 5.32 Å². The number of benzene rings is 1. The topological polar surface area (TPSA) is 69.7 Å². The molecular weight excluding hydrogens is 270 g/mol. The number of carbonyl (C=O) groups excluding carboxylic acids is 3. The van der Waals surface area contributed by atoms with E-state index in [1.165, 1.54) is 18.9 Å². The van der Waals surface area contributed by atoms with E-state index in [9.17, 15) is 14.4 Å². The molecule has 0 spiro atoms. The molecule has 112 valence electrons. The van der Waals surface area contributed by atoms with Gasteiger partial charge in [0, 0.05) is 20.1 Å². The highest BCUT2D eigenvalue weighted by Gasteiger charge is 2.57. The van der Waals surface area contributed by atoms with E-state index >= 15 is 0 Å². The maximum atomic E-state index is 12.4. The van der Waals surface area contributed by atoms with Crippen molar-refractivity contribution in [3.8, 4) is 0 Å². The van der Waals surface area contributed by atoms with Gasteiger partial charge in [-0.25, -0.2) is 4.79 Å². The number of nitrogens with zero attached hydrogens (tertiary/aromatic N) is 2. The minimum atomic E-state index is -1.50. The summed E-state index contributed by atoms with van der Waals surface area (Å²) in [6.07, 6.45) is 0. The van der Waals surface area contributed by atoms with Gasteiger partial charge in [-0.1, -0.05) is 30.3 Å². The summed E-state index contributed by atoms with van der Waals surface area (Å²) < 4.78 is 0. The number of carbonyl (C=O) groups is 3. The number of urea groups is 1. The fraction of sp³-hybridized carbons (Fsp3) is 0.400. The SMILES string of the molecule is CCNC(=O)C1(C)C(=O)N(C)C(=O)N1Cc1ccccc1. The number of rotatable bonds is 4. The molecule has 2 rings (SSSR count). The Bertz CT molecular complexity index is 573. The number of amides is 4. The number of hydrogen-bond donors (Lipinski definition) is 1. The maximum Gasteiger partial charge on any atom is 0.328 e. The summed E-state index contributed by atoms with van der Waals surface area (Å²) in [6, 6.07) is 8.82. The normalized spacial score (nSPS) is 21.9. The third-order valence-electron chi connectivity index (χ3n) is 3.74. The van der Waals surface area contributed by atoms with Crippen molar-refractivity contribution in [2.45, 2.75) is 25.9 Å². The van der Waals surface area contributed by atoms with E-state index in [0.29, 0.717) is 6.54 Å². The summed E-state index contributed by atoms with van der Waals surface area (Å²) in [7, 11) is 1.40. The summed E-state index contributed by atoms with van der Waals surface area (Å²) >= 11 is 0. The molecule has 4 amide bonds. The Morgan fingerprint density at radius 2 is 1.86 bits per heavy atom. The van der Waals surface area contributed by atoms with E-state index in [4.69, 9.17) is 0 Å². The van der Waals surface area contributed by atoms with E-state index in [-0.39, 0.29) is 6.54 Å². The van der Waals surface area contributed by atoms with Crippen molar-refractivity contribution in [3.05, 3.63) is 35.9 Å². The highest BCUT2D eigenvalue weighted by molar-refractivity contribution is 6.19. The average Bonchev–Trinajstić information content (AvgIpc) is 2.65. The molecule has 1 aromatic rings. The summed E-state index contributed by atoms with van der Waals surface area (Å²) in [4.78, 5) is 39.3. The number of likely N-dealkylation sites (N-methyl/N-ethyl adjacent to an activating group) is 2. The van der Waals surface area contributed by atoms with Gasteiger partial charge in [-0.15, -0.1) is 0 Å². The molecule has 1 N–H and O–H groups in total. The van der Waals surface area contributed by atoms with E-state index in [0.717, 1.165) is 10.5 Å². The molecule has 21 heavy (non-hydrogen) atoms. The first-order valence-electron chi connectivity index (χ1n) is 6.85. The zero-order valence-electron chi connectivity index (χ0n) is 12.4. The smallest absolute Gasteiger partial charge is 0.328 e. The van der Waals surface area contributed by atoms with Crippen molar-refractivity contribution in [2.24, 2.45) is 0 Å². The second-order valence-corrected chi connectivity index (χ2v) is 5.15. The van der Waals surface area contributed by atoms with Crippen LogP contribution in [-0.4, -0.2) is 46.8 Å². The molecule has 0 aliphatic carbocycles. The lowest BCUT2D eigenvalue weighted by Gasteiger charge is -2.30. The van der Waals surface area contributed by atoms with Crippen LogP contribution in [0.2, 0.25) is 0 Å². The molecule has 1 fully saturated rings. The molecule has 6 nitrogen and oxygen atoms in total. The van der Waals surface area contributed by atoms with Crippen molar-refractivity contribution in [1.29, 1.82) is 0 Å².